The number of hydrogen-bond acceptors (Lipinski definition) is 4. The first kappa shape index (κ1) is 27.1. The van der Waals surface area contributed by atoms with Gasteiger partial charge >= 0.3 is 0 Å². The third kappa shape index (κ3) is 6.38. The Labute approximate surface area is 207 Å². The van der Waals surface area contributed by atoms with Crippen molar-refractivity contribution in [3.05, 3.63) is 60.7 Å². The van der Waals surface area contributed by atoms with Crippen molar-refractivity contribution in [2.24, 2.45) is 0 Å². The molecule has 0 saturated carbocycles. The second-order valence-electron chi connectivity index (χ2n) is 11.1. The summed E-state index contributed by atoms with van der Waals surface area (Å²) in [5, 5.41) is 12.2. The second kappa shape index (κ2) is 11.5. The first-order valence-electron chi connectivity index (χ1n) is 12.8. The van der Waals surface area contributed by atoms with Crippen LogP contribution in [0.3, 0.4) is 0 Å². The molecule has 0 bridgehead atoms. The number of ether oxygens (including phenoxy) is 2. The summed E-state index contributed by atoms with van der Waals surface area (Å²) in [5.41, 5.74) is 0. The average Bonchev–Trinajstić information content (AvgIpc) is 3.11. The molecule has 1 saturated heterocycles. The lowest BCUT2D eigenvalue weighted by Gasteiger charge is -2.44. The summed E-state index contributed by atoms with van der Waals surface area (Å²) >= 11 is 0. The van der Waals surface area contributed by atoms with Crippen molar-refractivity contribution in [1.29, 1.82) is 0 Å². The molecule has 0 aliphatic carbocycles. The third-order valence-electron chi connectivity index (χ3n) is 6.86. The van der Waals surface area contributed by atoms with Gasteiger partial charge in [0.15, 0.2) is 5.79 Å². The van der Waals surface area contributed by atoms with Crippen LogP contribution in [-0.4, -0.2) is 44.1 Å². The van der Waals surface area contributed by atoms with Crippen molar-refractivity contribution < 1.29 is 19.0 Å². The van der Waals surface area contributed by atoms with E-state index >= 15 is 0 Å². The highest BCUT2D eigenvalue weighted by Crippen LogP contribution is 2.38. The van der Waals surface area contributed by atoms with Crippen LogP contribution in [0, 0.1) is 0 Å². The average molecular weight is 485 g/mol. The van der Waals surface area contributed by atoms with E-state index in [1.807, 2.05) is 13.8 Å². The molecule has 1 aliphatic heterocycles. The van der Waals surface area contributed by atoms with Gasteiger partial charge in [-0.15, -0.1) is 0 Å². The highest BCUT2D eigenvalue weighted by molar-refractivity contribution is 6.99. The molecule has 34 heavy (non-hydrogen) atoms. The molecule has 0 spiro atoms. The standard InChI is InChI=1S/C29H44O4Si/c1-23(16-10-7-15-21-26-27(22-30)32-29(5,6)31-26)33-34(28(2,3)4,24-17-11-8-12-18-24)25-19-13-9-14-20-25/h8-9,11-14,17-20,23,26-27,30H,7,10,15-16,21-22H2,1-6H3/t23-,26-,27-/m0/s1. The van der Waals surface area contributed by atoms with Crippen molar-refractivity contribution in [3.8, 4) is 0 Å². The number of aliphatic hydroxyl groups is 1. The summed E-state index contributed by atoms with van der Waals surface area (Å²) in [6.45, 7) is 13.1. The van der Waals surface area contributed by atoms with Crippen LogP contribution in [0.4, 0.5) is 0 Å². The lowest BCUT2D eigenvalue weighted by Crippen LogP contribution is -2.67. The number of unbranched alkanes of at least 4 members (excludes halogenated alkanes) is 2. The minimum atomic E-state index is -2.50. The van der Waals surface area contributed by atoms with Gasteiger partial charge in [0, 0.05) is 6.10 Å². The Bertz CT molecular complexity index is 823. The number of hydrogen-bond donors (Lipinski definition) is 1. The first-order valence-corrected chi connectivity index (χ1v) is 14.8. The summed E-state index contributed by atoms with van der Waals surface area (Å²) in [4.78, 5) is 0. The van der Waals surface area contributed by atoms with E-state index in [1.54, 1.807) is 0 Å². The van der Waals surface area contributed by atoms with E-state index in [2.05, 4.69) is 88.4 Å². The Morgan fingerprint density at radius 1 is 0.882 bits per heavy atom. The molecule has 188 valence electrons. The fraction of sp³-hybridized carbons (Fsp3) is 0.586. The van der Waals surface area contributed by atoms with Crippen molar-refractivity contribution in [2.75, 3.05) is 6.61 Å². The Morgan fingerprint density at radius 3 is 1.91 bits per heavy atom. The molecule has 0 aromatic heterocycles. The fourth-order valence-electron chi connectivity index (χ4n) is 5.31. The predicted molar refractivity (Wildman–Crippen MR) is 142 cm³/mol. The lowest BCUT2D eigenvalue weighted by molar-refractivity contribution is -0.149. The number of aliphatic hydroxyl groups excluding tert-OH is 1. The number of benzene rings is 2. The Balaban J connectivity index is 1.64. The van der Waals surface area contributed by atoms with Gasteiger partial charge in [0.1, 0.15) is 6.10 Å². The fourth-order valence-corrected chi connectivity index (χ4v) is 10.1. The van der Waals surface area contributed by atoms with E-state index in [1.165, 1.54) is 10.4 Å². The van der Waals surface area contributed by atoms with E-state index in [0.29, 0.717) is 0 Å². The van der Waals surface area contributed by atoms with Gasteiger partial charge < -0.3 is 19.0 Å². The van der Waals surface area contributed by atoms with Crippen LogP contribution in [0.25, 0.3) is 0 Å². The first-order chi connectivity index (χ1) is 16.1. The van der Waals surface area contributed by atoms with E-state index in [4.69, 9.17) is 13.9 Å². The summed E-state index contributed by atoms with van der Waals surface area (Å²) in [5.74, 6) is -0.601. The van der Waals surface area contributed by atoms with Crippen LogP contribution in [0.1, 0.15) is 73.6 Å². The molecule has 0 amide bonds. The minimum Gasteiger partial charge on any atom is -0.405 e. The normalized spacial score (nSPS) is 21.5. The van der Waals surface area contributed by atoms with Crippen LogP contribution < -0.4 is 10.4 Å². The molecule has 4 nitrogen and oxygen atoms in total. The Kier molecular flexibility index (Phi) is 9.15. The molecule has 2 aromatic rings. The van der Waals surface area contributed by atoms with Gasteiger partial charge in [-0.1, -0.05) is 101 Å². The quantitative estimate of drug-likeness (QED) is 0.342. The zero-order valence-electron chi connectivity index (χ0n) is 21.9. The zero-order valence-corrected chi connectivity index (χ0v) is 22.9. The van der Waals surface area contributed by atoms with Crippen molar-refractivity contribution in [1.82, 2.24) is 0 Å². The topological polar surface area (TPSA) is 47.9 Å². The molecule has 3 rings (SSSR count). The summed E-state index contributed by atoms with van der Waals surface area (Å²) < 4.78 is 18.9. The van der Waals surface area contributed by atoms with E-state index < -0.39 is 14.1 Å². The van der Waals surface area contributed by atoms with E-state index in [9.17, 15) is 5.11 Å². The van der Waals surface area contributed by atoms with Gasteiger partial charge in [0.2, 0.25) is 0 Å². The van der Waals surface area contributed by atoms with Gasteiger partial charge in [-0.05, 0) is 49.0 Å². The summed E-state index contributed by atoms with van der Waals surface area (Å²) in [6, 6.07) is 21.7. The summed E-state index contributed by atoms with van der Waals surface area (Å²) in [6.07, 6.45) is 5.17. The highest BCUT2D eigenvalue weighted by Gasteiger charge is 2.50. The molecule has 5 heteroatoms. The smallest absolute Gasteiger partial charge is 0.261 e. The van der Waals surface area contributed by atoms with Gasteiger partial charge in [-0.3, -0.25) is 0 Å². The van der Waals surface area contributed by atoms with Gasteiger partial charge in [-0.25, -0.2) is 0 Å². The molecule has 2 aromatic carbocycles. The third-order valence-corrected chi connectivity index (χ3v) is 12.0. The van der Waals surface area contributed by atoms with Crippen LogP contribution in [0.5, 0.6) is 0 Å². The molecule has 1 fully saturated rings. The monoisotopic (exact) mass is 484 g/mol. The van der Waals surface area contributed by atoms with Crippen LogP contribution in [0.15, 0.2) is 60.7 Å². The Hall–Kier alpha value is -1.50. The van der Waals surface area contributed by atoms with Gasteiger partial charge in [-0.2, -0.15) is 0 Å². The maximum absolute atomic E-state index is 9.59. The molecule has 0 radical (unpaired) electrons. The maximum Gasteiger partial charge on any atom is 0.261 e. The van der Waals surface area contributed by atoms with Gasteiger partial charge in [0.25, 0.3) is 8.32 Å². The molecule has 1 heterocycles. The minimum absolute atomic E-state index is 0.00408. The molecule has 0 unspecified atom stereocenters. The van der Waals surface area contributed by atoms with Crippen LogP contribution >= 0.6 is 0 Å². The second-order valence-corrected chi connectivity index (χ2v) is 15.4. The van der Waals surface area contributed by atoms with Crippen molar-refractivity contribution in [3.63, 3.8) is 0 Å². The van der Waals surface area contributed by atoms with Gasteiger partial charge in [0.05, 0.1) is 12.7 Å². The van der Waals surface area contributed by atoms with Crippen molar-refractivity contribution >= 4 is 18.7 Å². The van der Waals surface area contributed by atoms with Crippen LogP contribution in [-0.2, 0) is 13.9 Å². The molecule has 1 N–H and O–H groups in total. The number of rotatable bonds is 11. The lowest BCUT2D eigenvalue weighted by atomic mass is 10.0. The van der Waals surface area contributed by atoms with Crippen molar-refractivity contribution in [2.45, 2.75) is 103 Å². The molecular formula is C29H44O4Si. The maximum atomic E-state index is 9.59. The van der Waals surface area contributed by atoms with E-state index in [0.717, 1.165) is 32.1 Å². The Morgan fingerprint density at radius 2 is 1.41 bits per heavy atom. The zero-order chi connectivity index (χ0) is 24.8. The highest BCUT2D eigenvalue weighted by atomic mass is 28.4. The SMILES string of the molecule is C[C@@H](CCCCC[C@@H]1OC(C)(C)O[C@H]1CO)O[Si](c1ccccc1)(c1ccccc1)C(C)(C)C. The molecule has 1 aliphatic rings. The molecular weight excluding hydrogens is 440 g/mol. The predicted octanol–water partition coefficient (Wildman–Crippen LogP) is 5.41. The van der Waals surface area contributed by atoms with E-state index in [-0.39, 0.29) is 30.0 Å². The van der Waals surface area contributed by atoms with Crippen LogP contribution in [0.2, 0.25) is 5.04 Å². The summed E-state index contributed by atoms with van der Waals surface area (Å²) in [7, 11) is -2.50. The molecule has 3 atom stereocenters. The largest absolute Gasteiger partial charge is 0.405 e.